The molecule has 1 aromatic carbocycles. The highest BCUT2D eigenvalue weighted by molar-refractivity contribution is 6.34. The van der Waals surface area contributed by atoms with Crippen LogP contribution in [0.4, 0.5) is 5.69 Å². The van der Waals surface area contributed by atoms with E-state index in [4.69, 9.17) is 4.99 Å². The van der Waals surface area contributed by atoms with E-state index >= 15 is 0 Å². The summed E-state index contributed by atoms with van der Waals surface area (Å²) < 4.78 is 0. The van der Waals surface area contributed by atoms with Crippen molar-refractivity contribution in [2.24, 2.45) is 10.9 Å². The molecule has 0 saturated heterocycles. The number of hydrogen-bond acceptors (Lipinski definition) is 3. The van der Waals surface area contributed by atoms with Gasteiger partial charge in [0.1, 0.15) is 5.92 Å². The summed E-state index contributed by atoms with van der Waals surface area (Å²) in [7, 11) is 0. The van der Waals surface area contributed by atoms with Crippen molar-refractivity contribution in [3.63, 3.8) is 0 Å². The highest BCUT2D eigenvalue weighted by atomic mass is 16.2. The molecular weight excluding hydrogens is 406 g/mol. The lowest BCUT2D eigenvalue weighted by molar-refractivity contribution is -0.123. The Morgan fingerprint density at radius 1 is 1.03 bits per heavy atom. The van der Waals surface area contributed by atoms with Gasteiger partial charge in [0.15, 0.2) is 11.6 Å². The number of benzene rings is 1. The Balaban J connectivity index is 0.000000914. The fourth-order valence-corrected chi connectivity index (χ4v) is 4.20. The molecule has 0 fully saturated rings. The summed E-state index contributed by atoms with van der Waals surface area (Å²) in [5, 5.41) is 0. The molecule has 1 aromatic rings. The van der Waals surface area contributed by atoms with Crippen LogP contribution in [0.5, 0.6) is 0 Å². The quantitative estimate of drug-likeness (QED) is 0.443. The van der Waals surface area contributed by atoms with Crippen molar-refractivity contribution in [2.45, 2.75) is 67.2 Å². The maximum atomic E-state index is 13.2. The van der Waals surface area contributed by atoms with E-state index in [9.17, 15) is 9.59 Å². The third kappa shape index (κ3) is 6.25. The van der Waals surface area contributed by atoms with Gasteiger partial charge in [0.2, 0.25) is 0 Å². The van der Waals surface area contributed by atoms with Gasteiger partial charge >= 0.3 is 0 Å². The number of fused-ring (bicyclic) bond motifs is 1. The minimum atomic E-state index is -0.764. The van der Waals surface area contributed by atoms with E-state index in [1.807, 2.05) is 77.1 Å². The van der Waals surface area contributed by atoms with Crippen molar-refractivity contribution in [1.82, 2.24) is 0 Å². The summed E-state index contributed by atoms with van der Waals surface area (Å²) in [6.07, 6.45) is 16.8. The molecule has 0 spiro atoms. The zero-order valence-electron chi connectivity index (χ0n) is 20.9. The van der Waals surface area contributed by atoms with Crippen LogP contribution in [0.2, 0.25) is 0 Å². The molecule has 3 heteroatoms. The van der Waals surface area contributed by atoms with E-state index in [0.717, 1.165) is 36.1 Å². The molecule has 0 amide bonds. The molecule has 0 aromatic heterocycles. The first-order chi connectivity index (χ1) is 16.1. The SMILES string of the molecule is C/C=C1/C=CC=CC/C1=C/C1=CC(=O)C(C2=Nc3ccc(C)cc3CCC2)C1=O.CC.CC. The van der Waals surface area contributed by atoms with E-state index in [2.05, 4.69) is 19.1 Å². The second-order valence-corrected chi connectivity index (χ2v) is 7.79. The molecular formula is C30H37NO2. The molecule has 33 heavy (non-hydrogen) atoms. The van der Waals surface area contributed by atoms with Crippen LogP contribution in [0.1, 0.15) is 65.0 Å². The Morgan fingerprint density at radius 3 is 2.52 bits per heavy atom. The summed E-state index contributed by atoms with van der Waals surface area (Å²) in [5.74, 6) is -1.03. The van der Waals surface area contributed by atoms with Gasteiger partial charge in [0.05, 0.1) is 5.69 Å². The number of carbonyl (C=O) groups is 2. The number of allylic oxidation sites excluding steroid dienone is 10. The van der Waals surface area contributed by atoms with E-state index < -0.39 is 5.92 Å². The van der Waals surface area contributed by atoms with Gasteiger partial charge in [-0.2, -0.15) is 0 Å². The van der Waals surface area contributed by atoms with Crippen LogP contribution < -0.4 is 0 Å². The van der Waals surface area contributed by atoms with Gasteiger partial charge in [0, 0.05) is 11.3 Å². The molecule has 3 aliphatic rings. The third-order valence-electron chi connectivity index (χ3n) is 5.71. The predicted octanol–water partition coefficient (Wildman–Crippen LogP) is 7.54. The zero-order valence-corrected chi connectivity index (χ0v) is 20.9. The Hall–Kier alpha value is -3.07. The van der Waals surface area contributed by atoms with Crippen LogP contribution in [-0.4, -0.2) is 17.3 Å². The number of aryl methyl sites for hydroxylation is 2. The fraction of sp³-hybridized carbons (Fsp3) is 0.367. The van der Waals surface area contributed by atoms with Crippen molar-refractivity contribution in [3.05, 3.63) is 88.6 Å². The Kier molecular flexibility index (Phi) is 10.2. The molecule has 0 bridgehead atoms. The van der Waals surface area contributed by atoms with Crippen LogP contribution in [0.3, 0.4) is 0 Å². The van der Waals surface area contributed by atoms with Gasteiger partial charge in [-0.25, -0.2) is 0 Å². The van der Waals surface area contributed by atoms with Gasteiger partial charge in [-0.05, 0) is 74.5 Å². The lowest BCUT2D eigenvalue weighted by atomic mass is 9.92. The number of rotatable bonds is 2. The summed E-state index contributed by atoms with van der Waals surface area (Å²) in [4.78, 5) is 30.7. The molecule has 1 heterocycles. The topological polar surface area (TPSA) is 46.5 Å². The average Bonchev–Trinajstić information content (AvgIpc) is 3.03. The molecule has 1 atom stereocenters. The maximum Gasteiger partial charge on any atom is 0.179 e. The predicted molar refractivity (Wildman–Crippen MR) is 140 cm³/mol. The number of hydrogen-bond donors (Lipinski definition) is 0. The van der Waals surface area contributed by atoms with E-state index in [1.54, 1.807) is 0 Å². The summed E-state index contributed by atoms with van der Waals surface area (Å²) in [5.41, 5.74) is 6.63. The van der Waals surface area contributed by atoms with E-state index in [1.165, 1.54) is 17.2 Å². The monoisotopic (exact) mass is 443 g/mol. The first-order valence-corrected chi connectivity index (χ1v) is 12.2. The van der Waals surface area contributed by atoms with Gasteiger partial charge in [0.25, 0.3) is 0 Å². The highest BCUT2D eigenvalue weighted by Gasteiger charge is 2.37. The van der Waals surface area contributed by atoms with Crippen molar-refractivity contribution in [2.75, 3.05) is 0 Å². The van der Waals surface area contributed by atoms with Crippen molar-refractivity contribution < 1.29 is 9.59 Å². The van der Waals surface area contributed by atoms with Crippen molar-refractivity contribution in [1.29, 1.82) is 0 Å². The first-order valence-electron chi connectivity index (χ1n) is 12.2. The third-order valence-corrected chi connectivity index (χ3v) is 5.71. The number of nitrogens with zero attached hydrogens (tertiary/aromatic N) is 1. The van der Waals surface area contributed by atoms with E-state index in [-0.39, 0.29) is 11.6 Å². The standard InChI is InChI=1S/C26H25NO2.2C2H6/c1-3-18-8-5-4-6-9-19(18)15-21-16-24(28)25(26(21)29)23-11-7-10-20-14-17(2)12-13-22(20)27-23;2*1-2/h3-6,8,12-16,25H,7,9-11H2,1-2H3;2*1-2H3/b18-3-,19-15-;;. The molecule has 0 N–H and O–H groups in total. The summed E-state index contributed by atoms with van der Waals surface area (Å²) in [6.45, 7) is 12.1. The largest absolute Gasteiger partial charge is 0.294 e. The molecule has 174 valence electrons. The average molecular weight is 444 g/mol. The van der Waals surface area contributed by atoms with Gasteiger partial charge < -0.3 is 0 Å². The van der Waals surface area contributed by atoms with Gasteiger partial charge in [-0.3, -0.25) is 14.6 Å². The van der Waals surface area contributed by atoms with Gasteiger partial charge in [-0.1, -0.05) is 75.8 Å². The first kappa shape index (κ1) is 26.2. The van der Waals surface area contributed by atoms with Crippen LogP contribution >= 0.6 is 0 Å². The minimum Gasteiger partial charge on any atom is -0.294 e. The number of Topliss-reactive ketones (excluding diaryl/α,β-unsaturated/α-hetero) is 1. The lowest BCUT2D eigenvalue weighted by Crippen LogP contribution is -2.26. The Morgan fingerprint density at radius 2 is 1.79 bits per heavy atom. The number of aliphatic imine (C=N–C) groups is 1. The fourth-order valence-electron chi connectivity index (χ4n) is 4.20. The summed E-state index contributed by atoms with van der Waals surface area (Å²) in [6, 6.07) is 6.18. The van der Waals surface area contributed by atoms with Crippen LogP contribution in [0.15, 0.2) is 82.4 Å². The van der Waals surface area contributed by atoms with Crippen LogP contribution in [-0.2, 0) is 16.0 Å². The van der Waals surface area contributed by atoms with E-state index in [0.29, 0.717) is 17.7 Å². The van der Waals surface area contributed by atoms with Crippen molar-refractivity contribution >= 4 is 23.0 Å². The number of carbonyl (C=O) groups excluding carboxylic acids is 2. The molecule has 1 unspecified atom stereocenters. The normalized spacial score (nSPS) is 21.8. The molecule has 3 nitrogen and oxygen atoms in total. The number of ketones is 2. The highest BCUT2D eigenvalue weighted by Crippen LogP contribution is 2.32. The molecule has 1 aliphatic heterocycles. The van der Waals surface area contributed by atoms with Gasteiger partial charge in [-0.15, -0.1) is 0 Å². The maximum absolute atomic E-state index is 13.2. The second kappa shape index (κ2) is 12.8. The van der Waals surface area contributed by atoms with Crippen LogP contribution in [0.25, 0.3) is 0 Å². The van der Waals surface area contributed by atoms with Crippen molar-refractivity contribution in [3.8, 4) is 0 Å². The molecule has 4 rings (SSSR count). The second-order valence-electron chi connectivity index (χ2n) is 7.79. The molecule has 0 radical (unpaired) electrons. The smallest absolute Gasteiger partial charge is 0.179 e. The molecule has 2 aliphatic carbocycles. The Labute approximate surface area is 199 Å². The van der Waals surface area contributed by atoms with Crippen LogP contribution in [0, 0.1) is 12.8 Å². The lowest BCUT2D eigenvalue weighted by Gasteiger charge is -2.11. The zero-order chi connectivity index (χ0) is 24.4. The minimum absolute atomic E-state index is 0.121. The molecule has 0 saturated carbocycles. The summed E-state index contributed by atoms with van der Waals surface area (Å²) >= 11 is 0. The Bertz CT molecular complexity index is 1060.